The Kier molecular flexibility index (Phi) is 6.88. The van der Waals surface area contributed by atoms with Gasteiger partial charge in [-0.1, -0.05) is 65.7 Å². The Hall–Kier alpha value is -6.01. The Morgan fingerprint density at radius 3 is 1.54 bits per heavy atom. The number of aryl methyl sites for hydroxylation is 2. The molecule has 50 heavy (non-hydrogen) atoms. The molecule has 0 fully saturated rings. The van der Waals surface area contributed by atoms with Gasteiger partial charge in [0.15, 0.2) is 0 Å². The van der Waals surface area contributed by atoms with Gasteiger partial charge < -0.3 is 9.13 Å². The molecule has 0 saturated heterocycles. The largest absolute Gasteiger partial charge is 0.417 e. The zero-order chi connectivity index (χ0) is 35.1. The Balaban J connectivity index is 1.56. The quantitative estimate of drug-likeness (QED) is 0.172. The number of halogens is 6. The smallest absolute Gasteiger partial charge is 0.309 e. The monoisotopic (exact) mass is 673 g/mol. The standard InChI is InChI=1S/C41H25F6N3/c1-23-11-15-36-30(17-23)28-7-3-5-9-34(28)49(36)38-21-32(27-14-13-26(40(42,43)44)20-33(27)41(45,46)47)39(19-25(38)22-48)50-35-10-6-4-8-29(35)31-18-24(2)12-16-37(31)50/h3-21H,1-2H3. The lowest BCUT2D eigenvalue weighted by Gasteiger charge is -2.22. The summed E-state index contributed by atoms with van der Waals surface area (Å²) in [5, 5.41) is 14.1. The third-order valence-corrected chi connectivity index (χ3v) is 9.31. The van der Waals surface area contributed by atoms with Crippen LogP contribution < -0.4 is 0 Å². The van der Waals surface area contributed by atoms with Crippen LogP contribution in [-0.4, -0.2) is 9.13 Å². The second-order valence-corrected chi connectivity index (χ2v) is 12.5. The lowest BCUT2D eigenvalue weighted by Crippen LogP contribution is -2.13. The minimum atomic E-state index is -5.13. The molecule has 0 aliphatic heterocycles. The van der Waals surface area contributed by atoms with Crippen molar-refractivity contribution in [1.82, 2.24) is 9.13 Å². The van der Waals surface area contributed by atoms with Crippen molar-refractivity contribution in [1.29, 1.82) is 5.26 Å². The minimum Gasteiger partial charge on any atom is -0.309 e. The normalized spacial score (nSPS) is 12.4. The maximum atomic E-state index is 14.9. The molecule has 0 unspecified atom stereocenters. The van der Waals surface area contributed by atoms with Gasteiger partial charge in [0.25, 0.3) is 0 Å². The van der Waals surface area contributed by atoms with Crippen LogP contribution >= 0.6 is 0 Å². The number of fused-ring (bicyclic) bond motifs is 6. The van der Waals surface area contributed by atoms with Crippen LogP contribution in [-0.2, 0) is 12.4 Å². The highest BCUT2D eigenvalue weighted by atomic mass is 19.4. The number of aromatic nitrogens is 2. The summed E-state index contributed by atoms with van der Waals surface area (Å²) in [4.78, 5) is 0. The van der Waals surface area contributed by atoms with E-state index in [0.717, 1.165) is 49.8 Å². The summed E-state index contributed by atoms with van der Waals surface area (Å²) in [6, 6.07) is 33.5. The molecule has 246 valence electrons. The zero-order valence-corrected chi connectivity index (χ0v) is 26.6. The maximum absolute atomic E-state index is 14.9. The summed E-state index contributed by atoms with van der Waals surface area (Å²) < 4.78 is 89.7. The Morgan fingerprint density at radius 1 is 0.500 bits per heavy atom. The van der Waals surface area contributed by atoms with E-state index in [-0.39, 0.29) is 22.9 Å². The van der Waals surface area contributed by atoms with Gasteiger partial charge in [-0.2, -0.15) is 31.6 Å². The second kappa shape index (κ2) is 11.0. The number of rotatable bonds is 3. The highest BCUT2D eigenvalue weighted by Crippen LogP contribution is 2.46. The first-order valence-electron chi connectivity index (χ1n) is 15.7. The van der Waals surface area contributed by atoms with Crippen molar-refractivity contribution in [3.63, 3.8) is 0 Å². The number of benzene rings is 6. The van der Waals surface area contributed by atoms with Gasteiger partial charge in [0.05, 0.1) is 50.1 Å². The first-order valence-corrected chi connectivity index (χ1v) is 15.7. The first kappa shape index (κ1) is 31.3. The topological polar surface area (TPSA) is 33.6 Å². The van der Waals surface area contributed by atoms with E-state index >= 15 is 0 Å². The fraction of sp³-hybridized carbons (Fsp3) is 0.0976. The fourth-order valence-electron chi connectivity index (χ4n) is 7.13. The molecule has 3 nitrogen and oxygen atoms in total. The van der Waals surface area contributed by atoms with E-state index < -0.39 is 29.0 Å². The van der Waals surface area contributed by atoms with Gasteiger partial charge in [-0.05, 0) is 80.1 Å². The molecule has 2 aromatic heterocycles. The van der Waals surface area contributed by atoms with Crippen molar-refractivity contribution in [2.24, 2.45) is 0 Å². The molecule has 0 atom stereocenters. The summed E-state index contributed by atoms with van der Waals surface area (Å²) in [5.74, 6) is 0. The van der Waals surface area contributed by atoms with E-state index in [4.69, 9.17) is 0 Å². The van der Waals surface area contributed by atoms with Crippen molar-refractivity contribution in [3.8, 4) is 28.6 Å². The number of para-hydroxylation sites is 2. The Morgan fingerprint density at radius 2 is 1.02 bits per heavy atom. The van der Waals surface area contributed by atoms with Gasteiger partial charge in [-0.3, -0.25) is 0 Å². The van der Waals surface area contributed by atoms with Gasteiger partial charge >= 0.3 is 12.4 Å². The molecule has 0 aliphatic rings. The summed E-state index contributed by atoms with van der Waals surface area (Å²) >= 11 is 0. The molecule has 0 saturated carbocycles. The lowest BCUT2D eigenvalue weighted by molar-refractivity contribution is -0.142. The van der Waals surface area contributed by atoms with E-state index in [9.17, 15) is 31.6 Å². The van der Waals surface area contributed by atoms with E-state index in [2.05, 4.69) is 6.07 Å². The molecule has 8 aromatic rings. The van der Waals surface area contributed by atoms with E-state index in [1.165, 1.54) is 6.07 Å². The molecule has 0 N–H and O–H groups in total. The number of nitriles is 1. The summed E-state index contributed by atoms with van der Waals surface area (Å²) in [6.45, 7) is 3.89. The van der Waals surface area contributed by atoms with Crippen molar-refractivity contribution in [3.05, 3.63) is 143 Å². The highest BCUT2D eigenvalue weighted by Gasteiger charge is 2.39. The van der Waals surface area contributed by atoms with Gasteiger partial charge in [-0.25, -0.2) is 0 Å². The van der Waals surface area contributed by atoms with Crippen LogP contribution in [0.4, 0.5) is 26.3 Å². The van der Waals surface area contributed by atoms with Crippen molar-refractivity contribution < 1.29 is 26.3 Å². The van der Waals surface area contributed by atoms with Gasteiger partial charge in [0.1, 0.15) is 6.07 Å². The van der Waals surface area contributed by atoms with Crippen LogP contribution in [0, 0.1) is 25.2 Å². The maximum Gasteiger partial charge on any atom is 0.417 e. The van der Waals surface area contributed by atoms with Gasteiger partial charge in [0, 0.05) is 27.1 Å². The molecule has 8 rings (SSSR count). The number of hydrogen-bond donors (Lipinski definition) is 0. The molecular weight excluding hydrogens is 648 g/mol. The van der Waals surface area contributed by atoms with Crippen LogP contribution in [0.3, 0.4) is 0 Å². The van der Waals surface area contributed by atoms with Crippen molar-refractivity contribution >= 4 is 43.6 Å². The number of alkyl halides is 6. The van der Waals surface area contributed by atoms with Gasteiger partial charge in [0.2, 0.25) is 0 Å². The van der Waals surface area contributed by atoms with Crippen LogP contribution in [0.25, 0.3) is 66.1 Å². The minimum absolute atomic E-state index is 0.0151. The van der Waals surface area contributed by atoms with Crippen LogP contribution in [0.5, 0.6) is 0 Å². The van der Waals surface area contributed by atoms with Crippen molar-refractivity contribution in [2.75, 3.05) is 0 Å². The predicted molar refractivity (Wildman–Crippen MR) is 185 cm³/mol. The van der Waals surface area contributed by atoms with E-state index in [0.29, 0.717) is 22.8 Å². The molecule has 0 radical (unpaired) electrons. The number of hydrogen-bond acceptors (Lipinski definition) is 1. The second-order valence-electron chi connectivity index (χ2n) is 12.5. The summed E-state index contributed by atoms with van der Waals surface area (Å²) in [7, 11) is 0. The van der Waals surface area contributed by atoms with E-state index in [1.807, 2.05) is 103 Å². The average molecular weight is 674 g/mol. The summed E-state index contributed by atoms with van der Waals surface area (Å²) in [6.07, 6.45) is -10.1. The molecule has 0 amide bonds. The molecule has 0 spiro atoms. The SMILES string of the molecule is Cc1ccc2c(c1)c1ccccc1n2-c1cc(-c2ccc(C(F)(F)F)cc2C(F)(F)F)c(-n2c3ccccc3c3cc(C)ccc32)cc1C#N. The van der Waals surface area contributed by atoms with Crippen LogP contribution in [0.1, 0.15) is 27.8 Å². The zero-order valence-electron chi connectivity index (χ0n) is 26.6. The van der Waals surface area contributed by atoms with Crippen LogP contribution in [0.2, 0.25) is 0 Å². The average Bonchev–Trinajstić information content (AvgIpc) is 3.58. The molecular formula is C41H25F6N3. The molecule has 6 aromatic carbocycles. The van der Waals surface area contributed by atoms with Gasteiger partial charge in [-0.15, -0.1) is 0 Å². The fourth-order valence-corrected chi connectivity index (χ4v) is 7.13. The van der Waals surface area contributed by atoms with Crippen LogP contribution in [0.15, 0.2) is 115 Å². The Labute approximate surface area is 281 Å². The van der Waals surface area contributed by atoms with E-state index in [1.54, 1.807) is 10.6 Å². The third kappa shape index (κ3) is 4.82. The summed E-state index contributed by atoms with van der Waals surface area (Å²) in [5.41, 5.74) is 2.17. The first-order chi connectivity index (χ1) is 23.8. The predicted octanol–water partition coefficient (Wildman–Crippen LogP) is 12.1. The third-order valence-electron chi connectivity index (χ3n) is 9.31. The molecule has 0 aliphatic carbocycles. The highest BCUT2D eigenvalue weighted by molar-refractivity contribution is 6.11. The molecule has 9 heteroatoms. The number of nitrogens with zero attached hydrogens (tertiary/aromatic N) is 3. The van der Waals surface area contributed by atoms with Crippen molar-refractivity contribution in [2.45, 2.75) is 26.2 Å². The molecule has 2 heterocycles. The Bertz CT molecular complexity index is 2720. The molecule has 0 bridgehead atoms. The lowest BCUT2D eigenvalue weighted by atomic mass is 9.93.